The van der Waals surface area contributed by atoms with Crippen LogP contribution in [0.5, 0.6) is 0 Å². The Balaban J connectivity index is 1.81. The second kappa shape index (κ2) is 7.13. The largest absolute Gasteiger partial charge is 0.356 e. The lowest BCUT2D eigenvalue weighted by Gasteiger charge is -2.28. The van der Waals surface area contributed by atoms with Gasteiger partial charge in [0, 0.05) is 25.0 Å². The zero-order chi connectivity index (χ0) is 12.8. The maximum Gasteiger partial charge on any atom is 0.221 e. The maximum atomic E-state index is 11.6. The van der Waals surface area contributed by atoms with Crippen molar-refractivity contribution in [2.45, 2.75) is 76.8 Å². The minimum Gasteiger partial charge on any atom is -0.356 e. The van der Waals surface area contributed by atoms with Crippen LogP contribution in [0, 0.1) is 5.92 Å². The van der Waals surface area contributed by atoms with E-state index in [4.69, 9.17) is 0 Å². The first kappa shape index (κ1) is 13.9. The van der Waals surface area contributed by atoms with Gasteiger partial charge in [-0.05, 0) is 38.5 Å². The number of nitrogens with one attached hydrogen (secondary N) is 2. The van der Waals surface area contributed by atoms with Crippen molar-refractivity contribution >= 4 is 5.91 Å². The lowest BCUT2D eigenvalue weighted by atomic mass is 9.92. The molecule has 1 saturated carbocycles. The van der Waals surface area contributed by atoms with Gasteiger partial charge < -0.3 is 10.6 Å². The molecule has 0 aromatic rings. The zero-order valence-corrected chi connectivity index (χ0v) is 11.7. The van der Waals surface area contributed by atoms with Crippen LogP contribution >= 0.6 is 0 Å². The van der Waals surface area contributed by atoms with Crippen LogP contribution in [0.1, 0.15) is 64.7 Å². The Kier molecular flexibility index (Phi) is 5.48. The van der Waals surface area contributed by atoms with Crippen LogP contribution in [0.15, 0.2) is 0 Å². The summed E-state index contributed by atoms with van der Waals surface area (Å²) in [5, 5.41) is 6.68. The molecule has 1 amide bonds. The van der Waals surface area contributed by atoms with Crippen LogP contribution in [0.4, 0.5) is 0 Å². The Morgan fingerprint density at radius 1 is 1.11 bits per heavy atom. The third kappa shape index (κ3) is 4.27. The second-order valence-electron chi connectivity index (χ2n) is 6.10. The molecule has 2 fully saturated rings. The first-order valence-corrected chi connectivity index (χ1v) is 7.78. The first-order chi connectivity index (χ1) is 8.75. The van der Waals surface area contributed by atoms with Gasteiger partial charge in [0.05, 0.1) is 0 Å². The normalized spacial score (nSPS) is 29.2. The molecule has 2 aliphatic rings. The fourth-order valence-electron chi connectivity index (χ4n) is 3.44. The van der Waals surface area contributed by atoms with Gasteiger partial charge in [0.15, 0.2) is 0 Å². The summed E-state index contributed by atoms with van der Waals surface area (Å²) in [7, 11) is 0. The van der Waals surface area contributed by atoms with E-state index >= 15 is 0 Å². The molecular formula is C15H28N2O. The molecule has 2 N–H and O–H groups in total. The van der Waals surface area contributed by atoms with Crippen molar-refractivity contribution in [2.24, 2.45) is 5.92 Å². The van der Waals surface area contributed by atoms with Crippen molar-refractivity contribution in [2.75, 3.05) is 6.54 Å². The van der Waals surface area contributed by atoms with Crippen molar-refractivity contribution in [1.29, 1.82) is 0 Å². The number of hydrogen-bond donors (Lipinski definition) is 2. The number of hydrogen-bond acceptors (Lipinski definition) is 2. The van der Waals surface area contributed by atoms with Gasteiger partial charge in [-0.1, -0.05) is 25.7 Å². The highest BCUT2D eigenvalue weighted by molar-refractivity contribution is 5.76. The number of carbonyl (C=O) groups is 1. The summed E-state index contributed by atoms with van der Waals surface area (Å²) in [5.41, 5.74) is 0. The smallest absolute Gasteiger partial charge is 0.221 e. The van der Waals surface area contributed by atoms with Crippen molar-refractivity contribution in [3.8, 4) is 0 Å². The Morgan fingerprint density at radius 2 is 1.83 bits per heavy atom. The van der Waals surface area contributed by atoms with Gasteiger partial charge in [0.1, 0.15) is 0 Å². The molecule has 2 atom stereocenters. The summed E-state index contributed by atoms with van der Waals surface area (Å²) in [6.07, 6.45) is 11.3. The quantitative estimate of drug-likeness (QED) is 0.758. The second-order valence-corrected chi connectivity index (χ2v) is 6.10. The molecule has 1 saturated heterocycles. The van der Waals surface area contributed by atoms with Crippen molar-refractivity contribution < 1.29 is 4.79 Å². The average Bonchev–Trinajstić information content (AvgIpc) is 2.71. The van der Waals surface area contributed by atoms with Crippen molar-refractivity contribution in [3.05, 3.63) is 0 Å². The molecule has 104 valence electrons. The zero-order valence-electron chi connectivity index (χ0n) is 11.7. The SMILES string of the molecule is C[C@@H](NC1CCCNC(=O)C1)C1CCCCCC1. The van der Waals surface area contributed by atoms with E-state index in [1.54, 1.807) is 0 Å². The highest BCUT2D eigenvalue weighted by Gasteiger charge is 2.23. The molecule has 3 heteroatoms. The highest BCUT2D eigenvalue weighted by atomic mass is 16.1. The van der Waals surface area contributed by atoms with E-state index < -0.39 is 0 Å². The van der Waals surface area contributed by atoms with Crippen LogP contribution in [0.2, 0.25) is 0 Å². The standard InChI is InChI=1S/C15H28N2O/c1-12(13-7-4-2-3-5-8-13)17-14-9-6-10-16-15(18)11-14/h12-14,17H,2-11H2,1H3,(H,16,18)/t12-,14?/m1/s1. The fourth-order valence-corrected chi connectivity index (χ4v) is 3.44. The predicted octanol–water partition coefficient (Wildman–Crippen LogP) is 2.60. The van der Waals surface area contributed by atoms with Crippen LogP contribution in [0.3, 0.4) is 0 Å². The lowest BCUT2D eigenvalue weighted by Crippen LogP contribution is -2.42. The molecule has 1 heterocycles. The van der Waals surface area contributed by atoms with Crippen molar-refractivity contribution in [1.82, 2.24) is 10.6 Å². The van der Waals surface area contributed by atoms with Gasteiger partial charge in [0.2, 0.25) is 5.91 Å². The lowest BCUT2D eigenvalue weighted by molar-refractivity contribution is -0.121. The van der Waals surface area contributed by atoms with Crippen LogP contribution in [0.25, 0.3) is 0 Å². The molecule has 2 rings (SSSR count). The molecule has 0 bridgehead atoms. The highest BCUT2D eigenvalue weighted by Crippen LogP contribution is 2.26. The van der Waals surface area contributed by atoms with E-state index in [1.807, 2.05) is 0 Å². The van der Waals surface area contributed by atoms with Crippen LogP contribution in [-0.2, 0) is 4.79 Å². The van der Waals surface area contributed by atoms with Crippen LogP contribution in [-0.4, -0.2) is 24.5 Å². The van der Waals surface area contributed by atoms with Gasteiger partial charge >= 0.3 is 0 Å². The van der Waals surface area contributed by atoms with Crippen molar-refractivity contribution in [3.63, 3.8) is 0 Å². The maximum absolute atomic E-state index is 11.6. The predicted molar refractivity (Wildman–Crippen MR) is 74.4 cm³/mol. The van der Waals surface area contributed by atoms with E-state index in [2.05, 4.69) is 17.6 Å². The van der Waals surface area contributed by atoms with E-state index in [9.17, 15) is 4.79 Å². The molecule has 0 spiro atoms. The monoisotopic (exact) mass is 252 g/mol. The Labute approximate surface area is 111 Å². The number of rotatable bonds is 3. The average molecular weight is 252 g/mol. The van der Waals surface area contributed by atoms with Gasteiger partial charge in [-0.3, -0.25) is 4.79 Å². The molecule has 0 aromatic carbocycles. The number of amides is 1. The van der Waals surface area contributed by atoms with Gasteiger partial charge in [-0.15, -0.1) is 0 Å². The Morgan fingerprint density at radius 3 is 2.56 bits per heavy atom. The minimum atomic E-state index is 0.220. The number of carbonyl (C=O) groups excluding carboxylic acids is 1. The summed E-state index contributed by atoms with van der Waals surface area (Å²) < 4.78 is 0. The van der Waals surface area contributed by atoms with Gasteiger partial charge in [-0.2, -0.15) is 0 Å². The van der Waals surface area contributed by atoms with Gasteiger partial charge in [-0.25, -0.2) is 0 Å². The fraction of sp³-hybridized carbons (Fsp3) is 0.933. The third-order valence-corrected chi connectivity index (χ3v) is 4.59. The summed E-state index contributed by atoms with van der Waals surface area (Å²) >= 11 is 0. The molecule has 1 aliphatic carbocycles. The molecule has 0 radical (unpaired) electrons. The Hall–Kier alpha value is -0.570. The van der Waals surface area contributed by atoms with E-state index in [-0.39, 0.29) is 5.91 Å². The molecule has 1 unspecified atom stereocenters. The molecule has 1 aliphatic heterocycles. The summed E-state index contributed by atoms with van der Waals surface area (Å²) in [6, 6.07) is 0.963. The molecule has 0 aromatic heterocycles. The summed E-state index contributed by atoms with van der Waals surface area (Å²) in [5.74, 6) is 1.04. The van der Waals surface area contributed by atoms with E-state index in [0.717, 1.165) is 25.3 Å². The van der Waals surface area contributed by atoms with E-state index in [1.165, 1.54) is 38.5 Å². The third-order valence-electron chi connectivity index (χ3n) is 4.59. The van der Waals surface area contributed by atoms with Crippen LogP contribution < -0.4 is 10.6 Å². The molecular weight excluding hydrogens is 224 g/mol. The minimum absolute atomic E-state index is 0.220. The molecule has 18 heavy (non-hydrogen) atoms. The topological polar surface area (TPSA) is 41.1 Å². The van der Waals surface area contributed by atoms with E-state index in [0.29, 0.717) is 18.5 Å². The summed E-state index contributed by atoms with van der Waals surface area (Å²) in [4.78, 5) is 11.6. The Bertz CT molecular complexity index is 259. The first-order valence-electron chi connectivity index (χ1n) is 7.78. The van der Waals surface area contributed by atoms with Gasteiger partial charge in [0.25, 0.3) is 0 Å². The molecule has 3 nitrogen and oxygen atoms in total. The summed E-state index contributed by atoms with van der Waals surface area (Å²) in [6.45, 7) is 3.17.